The Balaban J connectivity index is 1.33. The minimum Gasteiger partial charge on any atom is -0.373 e. The van der Waals surface area contributed by atoms with Gasteiger partial charge in [-0.05, 0) is 24.8 Å². The zero-order valence-electron chi connectivity index (χ0n) is 13.8. The molecule has 1 unspecified atom stereocenters. The molecular formula is C19H20N4O2. The lowest BCUT2D eigenvalue weighted by molar-refractivity contribution is -0.135. The third-order valence-corrected chi connectivity index (χ3v) is 4.64. The SMILES string of the molecule is O=C(NCCc1ccccc1)C(=O)C1=CN=C2NC=C(C3CC3)NC12. The van der Waals surface area contributed by atoms with Gasteiger partial charge in [0.25, 0.3) is 5.91 Å². The van der Waals surface area contributed by atoms with Crippen molar-refractivity contribution in [3.8, 4) is 0 Å². The van der Waals surface area contributed by atoms with Gasteiger partial charge >= 0.3 is 0 Å². The van der Waals surface area contributed by atoms with Gasteiger partial charge in [-0.1, -0.05) is 30.3 Å². The standard InChI is InChI=1S/C19H20N4O2/c24-17(19(25)20-9-8-12-4-2-1-3-5-12)14-10-21-18-16(14)23-15(11-22-18)13-6-7-13/h1-5,10-11,13,16,23H,6-9H2,(H,20,25)(H,21,22). The molecule has 6 heteroatoms. The van der Waals surface area contributed by atoms with E-state index >= 15 is 0 Å². The van der Waals surface area contributed by atoms with E-state index in [0.717, 1.165) is 24.1 Å². The lowest BCUT2D eigenvalue weighted by Gasteiger charge is -2.26. The molecule has 1 saturated carbocycles. The molecule has 1 aliphatic carbocycles. The second-order valence-corrected chi connectivity index (χ2v) is 6.52. The Morgan fingerprint density at radius 2 is 2.00 bits per heavy atom. The number of nitrogens with one attached hydrogen (secondary N) is 3. The van der Waals surface area contributed by atoms with Crippen LogP contribution in [0.25, 0.3) is 0 Å². The van der Waals surface area contributed by atoms with Gasteiger partial charge in [0.15, 0.2) is 0 Å². The van der Waals surface area contributed by atoms with Gasteiger partial charge in [0.2, 0.25) is 5.78 Å². The van der Waals surface area contributed by atoms with Crippen molar-refractivity contribution in [3.05, 3.63) is 59.6 Å². The third kappa shape index (κ3) is 3.33. The first-order valence-electron chi connectivity index (χ1n) is 8.60. The molecule has 1 aromatic rings. The molecule has 3 aliphatic rings. The first-order chi connectivity index (χ1) is 12.2. The van der Waals surface area contributed by atoms with Crippen LogP contribution in [0.15, 0.2) is 59.0 Å². The quantitative estimate of drug-likeness (QED) is 0.678. The number of amides is 1. The molecule has 0 aromatic heterocycles. The minimum absolute atomic E-state index is 0.340. The van der Waals surface area contributed by atoms with E-state index in [1.165, 1.54) is 6.20 Å². The first-order valence-corrected chi connectivity index (χ1v) is 8.60. The molecule has 25 heavy (non-hydrogen) atoms. The maximum absolute atomic E-state index is 12.5. The van der Waals surface area contributed by atoms with Crippen molar-refractivity contribution in [2.24, 2.45) is 10.9 Å². The topological polar surface area (TPSA) is 82.6 Å². The number of fused-ring (bicyclic) bond motifs is 1. The predicted molar refractivity (Wildman–Crippen MR) is 94.5 cm³/mol. The van der Waals surface area contributed by atoms with Gasteiger partial charge < -0.3 is 16.0 Å². The molecular weight excluding hydrogens is 316 g/mol. The highest BCUT2D eigenvalue weighted by Gasteiger charge is 2.38. The summed E-state index contributed by atoms with van der Waals surface area (Å²) < 4.78 is 0. The van der Waals surface area contributed by atoms with Gasteiger partial charge in [0.05, 0.1) is 5.57 Å². The van der Waals surface area contributed by atoms with Gasteiger partial charge in [-0.2, -0.15) is 0 Å². The van der Waals surface area contributed by atoms with Crippen molar-refractivity contribution in [3.63, 3.8) is 0 Å². The largest absolute Gasteiger partial charge is 0.373 e. The molecule has 1 amide bonds. The molecule has 2 aliphatic heterocycles. The molecule has 0 spiro atoms. The van der Waals surface area contributed by atoms with Gasteiger partial charge in [-0.3, -0.25) is 9.59 Å². The van der Waals surface area contributed by atoms with Crippen molar-refractivity contribution in [2.75, 3.05) is 6.54 Å². The van der Waals surface area contributed by atoms with Crippen LogP contribution in [0.3, 0.4) is 0 Å². The molecule has 6 nitrogen and oxygen atoms in total. The number of aliphatic imine (C=N–C) groups is 1. The molecule has 128 valence electrons. The van der Waals surface area contributed by atoms with Crippen LogP contribution in [0.5, 0.6) is 0 Å². The van der Waals surface area contributed by atoms with Gasteiger partial charge in [-0.25, -0.2) is 4.99 Å². The number of Topliss-reactive ketones (excluding diaryl/α,β-unsaturated/α-hetero) is 1. The summed E-state index contributed by atoms with van der Waals surface area (Å²) in [6.45, 7) is 0.430. The fraction of sp³-hybridized carbons (Fsp3) is 0.316. The molecule has 0 bridgehead atoms. The number of carbonyl (C=O) groups is 2. The van der Waals surface area contributed by atoms with Crippen molar-refractivity contribution >= 4 is 17.5 Å². The highest BCUT2D eigenvalue weighted by Crippen LogP contribution is 2.36. The second kappa shape index (κ2) is 6.55. The van der Waals surface area contributed by atoms with Gasteiger partial charge in [-0.15, -0.1) is 0 Å². The summed E-state index contributed by atoms with van der Waals surface area (Å²) in [6.07, 6.45) is 6.41. The third-order valence-electron chi connectivity index (χ3n) is 4.64. The van der Waals surface area contributed by atoms with Crippen LogP contribution in [0, 0.1) is 5.92 Å². The van der Waals surface area contributed by atoms with Crippen molar-refractivity contribution < 1.29 is 9.59 Å². The monoisotopic (exact) mass is 336 g/mol. The van der Waals surface area contributed by atoms with E-state index in [-0.39, 0.29) is 6.04 Å². The number of rotatable bonds is 6. The summed E-state index contributed by atoms with van der Waals surface area (Å²) in [5.41, 5.74) is 2.61. The maximum Gasteiger partial charge on any atom is 0.292 e. The number of carbonyl (C=O) groups excluding carboxylic acids is 2. The Morgan fingerprint density at radius 3 is 2.76 bits per heavy atom. The van der Waals surface area contributed by atoms with E-state index < -0.39 is 11.7 Å². The molecule has 1 atom stereocenters. The van der Waals surface area contributed by atoms with Crippen LogP contribution in [0.1, 0.15) is 18.4 Å². The number of ketones is 1. The van der Waals surface area contributed by atoms with E-state index in [2.05, 4.69) is 20.9 Å². The molecule has 1 aromatic carbocycles. The highest BCUT2D eigenvalue weighted by molar-refractivity contribution is 6.44. The predicted octanol–water partition coefficient (Wildman–Crippen LogP) is 1.02. The maximum atomic E-state index is 12.5. The Labute approximate surface area is 146 Å². The normalized spacial score (nSPS) is 21.1. The summed E-state index contributed by atoms with van der Waals surface area (Å²) in [5.74, 6) is 0.0988. The highest BCUT2D eigenvalue weighted by atomic mass is 16.2. The van der Waals surface area contributed by atoms with E-state index in [0.29, 0.717) is 30.3 Å². The van der Waals surface area contributed by atoms with Crippen LogP contribution >= 0.6 is 0 Å². The lowest BCUT2D eigenvalue weighted by Crippen LogP contribution is -2.49. The van der Waals surface area contributed by atoms with Crippen molar-refractivity contribution in [2.45, 2.75) is 25.3 Å². The van der Waals surface area contributed by atoms with Crippen molar-refractivity contribution in [1.82, 2.24) is 16.0 Å². The molecule has 0 saturated heterocycles. The molecule has 4 rings (SSSR count). The summed E-state index contributed by atoms with van der Waals surface area (Å²) in [4.78, 5) is 28.9. The van der Waals surface area contributed by atoms with Crippen LogP contribution in [-0.4, -0.2) is 30.1 Å². The average Bonchev–Trinajstić information content (AvgIpc) is 3.41. The van der Waals surface area contributed by atoms with Crippen molar-refractivity contribution in [1.29, 1.82) is 0 Å². The van der Waals surface area contributed by atoms with Crippen LogP contribution in [0.2, 0.25) is 0 Å². The number of hydrogen-bond acceptors (Lipinski definition) is 5. The Hall–Kier alpha value is -2.89. The minimum atomic E-state index is -0.581. The zero-order valence-corrected chi connectivity index (χ0v) is 13.8. The van der Waals surface area contributed by atoms with Gasteiger partial charge in [0, 0.05) is 30.6 Å². The van der Waals surface area contributed by atoms with Crippen LogP contribution in [-0.2, 0) is 16.0 Å². The number of allylic oxidation sites excluding steroid dienone is 1. The number of nitrogens with zero attached hydrogens (tertiary/aromatic N) is 1. The summed E-state index contributed by atoms with van der Waals surface area (Å²) in [5, 5.41) is 9.18. The fourth-order valence-electron chi connectivity index (χ4n) is 3.06. The molecule has 0 radical (unpaired) electrons. The number of benzene rings is 1. The lowest BCUT2D eigenvalue weighted by atomic mass is 10.0. The number of hydrogen-bond donors (Lipinski definition) is 3. The van der Waals surface area contributed by atoms with E-state index in [1.807, 2.05) is 36.5 Å². The molecule has 2 heterocycles. The smallest absolute Gasteiger partial charge is 0.292 e. The molecule has 1 fully saturated rings. The zero-order chi connectivity index (χ0) is 17.2. The van der Waals surface area contributed by atoms with E-state index in [9.17, 15) is 9.59 Å². The van der Waals surface area contributed by atoms with Crippen LogP contribution in [0.4, 0.5) is 0 Å². The van der Waals surface area contributed by atoms with E-state index in [1.54, 1.807) is 0 Å². The first kappa shape index (κ1) is 15.6. The second-order valence-electron chi connectivity index (χ2n) is 6.52. The summed E-state index contributed by atoms with van der Waals surface area (Å²) in [7, 11) is 0. The summed E-state index contributed by atoms with van der Waals surface area (Å²) >= 11 is 0. The van der Waals surface area contributed by atoms with Crippen LogP contribution < -0.4 is 16.0 Å². The number of amidine groups is 1. The Kier molecular flexibility index (Phi) is 4.09. The molecule has 3 N–H and O–H groups in total. The van der Waals surface area contributed by atoms with Gasteiger partial charge in [0.1, 0.15) is 11.9 Å². The Morgan fingerprint density at radius 1 is 1.20 bits per heavy atom. The average molecular weight is 336 g/mol. The summed E-state index contributed by atoms with van der Waals surface area (Å²) in [6, 6.07) is 9.51. The Bertz CT molecular complexity index is 791. The van der Waals surface area contributed by atoms with E-state index in [4.69, 9.17) is 0 Å². The fourth-order valence-corrected chi connectivity index (χ4v) is 3.06.